The normalized spacial score (nSPS) is 22.5. The van der Waals surface area contributed by atoms with Crippen LogP contribution in [0.5, 0.6) is 0 Å². The van der Waals surface area contributed by atoms with Crippen molar-refractivity contribution in [2.45, 2.75) is 84.4 Å². The van der Waals surface area contributed by atoms with Gasteiger partial charge < -0.3 is 10.2 Å². The predicted molar refractivity (Wildman–Crippen MR) is 133 cm³/mol. The van der Waals surface area contributed by atoms with E-state index < -0.39 is 5.92 Å². The minimum Gasteiger partial charge on any atom is -0.311 e. The maximum Gasteiger partial charge on any atom is 0.289 e. The molecule has 0 unspecified atom stereocenters. The van der Waals surface area contributed by atoms with Gasteiger partial charge in [-0.2, -0.15) is 13.9 Å². The number of aryl methyl sites for hydroxylation is 1. The van der Waals surface area contributed by atoms with Crippen LogP contribution in [0.25, 0.3) is 0 Å². The Balaban J connectivity index is 1.57. The van der Waals surface area contributed by atoms with Gasteiger partial charge in [0, 0.05) is 61.0 Å². The first-order chi connectivity index (χ1) is 16.4. The van der Waals surface area contributed by atoms with E-state index in [1.54, 1.807) is 18.0 Å². The molecule has 0 aliphatic carbocycles. The van der Waals surface area contributed by atoms with Crippen LogP contribution in [0.15, 0.2) is 18.5 Å². The number of carbonyl (C=O) groups is 1. The molecule has 7 nitrogen and oxygen atoms in total. The van der Waals surface area contributed by atoms with Gasteiger partial charge in [-0.1, -0.05) is 27.2 Å². The number of carbonyl (C=O) groups excluding carboxylic acids is 1. The van der Waals surface area contributed by atoms with Crippen LogP contribution in [0, 0.1) is 13.8 Å². The molecule has 0 aromatic carbocycles. The molecule has 0 radical (unpaired) electrons. The SMILES string of the molecule is CCCC(F)(F)c1cc2c(cn1)C(C)(C)CN2C(=O)CN1C[C@@H](C)NC[C@@H]1Cn1ncc(C)c1C. The third-order valence-electron chi connectivity index (χ3n) is 7.49. The van der Waals surface area contributed by atoms with Crippen molar-refractivity contribution in [3.8, 4) is 0 Å². The maximum atomic E-state index is 14.7. The summed E-state index contributed by atoms with van der Waals surface area (Å²) in [6.07, 6.45) is 3.51. The van der Waals surface area contributed by atoms with Crippen LogP contribution < -0.4 is 10.2 Å². The fourth-order valence-electron chi connectivity index (χ4n) is 5.21. The maximum absolute atomic E-state index is 14.7. The average Bonchev–Trinajstić information content (AvgIpc) is 3.25. The van der Waals surface area contributed by atoms with Crippen molar-refractivity contribution in [1.82, 2.24) is 25.0 Å². The first-order valence-corrected chi connectivity index (χ1v) is 12.6. The zero-order valence-electron chi connectivity index (χ0n) is 21.7. The molecule has 0 saturated carbocycles. The lowest BCUT2D eigenvalue weighted by atomic mass is 9.88. The summed E-state index contributed by atoms with van der Waals surface area (Å²) in [5, 5.41) is 8.02. The summed E-state index contributed by atoms with van der Waals surface area (Å²) in [6, 6.07) is 1.79. The molecule has 0 spiro atoms. The fraction of sp³-hybridized carbons (Fsp3) is 0.654. The molecule has 2 atom stereocenters. The van der Waals surface area contributed by atoms with Crippen molar-refractivity contribution < 1.29 is 13.6 Å². The van der Waals surface area contributed by atoms with Gasteiger partial charge in [0.15, 0.2) is 0 Å². The zero-order chi connectivity index (χ0) is 25.5. The van der Waals surface area contributed by atoms with Crippen molar-refractivity contribution in [3.05, 3.63) is 41.0 Å². The van der Waals surface area contributed by atoms with E-state index in [2.05, 4.69) is 34.1 Å². The number of hydrogen-bond acceptors (Lipinski definition) is 5. The van der Waals surface area contributed by atoms with E-state index in [0.29, 0.717) is 25.2 Å². The molecular formula is C26H38F2N6O. The number of amides is 1. The number of nitrogens with one attached hydrogen (secondary N) is 1. The van der Waals surface area contributed by atoms with Gasteiger partial charge in [0.05, 0.1) is 25.0 Å². The highest BCUT2D eigenvalue weighted by Crippen LogP contribution is 2.43. The molecule has 35 heavy (non-hydrogen) atoms. The minimum atomic E-state index is -3.01. The third-order valence-corrected chi connectivity index (χ3v) is 7.49. The molecule has 4 rings (SSSR count). The second-order valence-corrected chi connectivity index (χ2v) is 10.9. The fourth-order valence-corrected chi connectivity index (χ4v) is 5.21. The van der Waals surface area contributed by atoms with Crippen LogP contribution in [0.2, 0.25) is 0 Å². The predicted octanol–water partition coefficient (Wildman–Crippen LogP) is 3.77. The van der Waals surface area contributed by atoms with Gasteiger partial charge in [-0.05, 0) is 32.4 Å². The molecule has 192 valence electrons. The monoisotopic (exact) mass is 488 g/mol. The number of pyridine rings is 1. The molecular weight excluding hydrogens is 450 g/mol. The lowest BCUT2D eigenvalue weighted by Crippen LogP contribution is -2.59. The Bertz CT molecular complexity index is 1080. The van der Waals surface area contributed by atoms with Crippen LogP contribution in [0.1, 0.15) is 63.1 Å². The minimum absolute atomic E-state index is 0.0692. The van der Waals surface area contributed by atoms with Crippen LogP contribution in [-0.4, -0.2) is 63.8 Å². The number of piperazine rings is 1. The Morgan fingerprint density at radius 2 is 2.03 bits per heavy atom. The summed E-state index contributed by atoms with van der Waals surface area (Å²) in [5.41, 5.74) is 3.07. The van der Waals surface area contributed by atoms with Gasteiger partial charge in [-0.3, -0.25) is 19.4 Å². The number of fused-ring (bicyclic) bond motifs is 1. The van der Waals surface area contributed by atoms with Crippen molar-refractivity contribution >= 4 is 11.6 Å². The number of hydrogen-bond donors (Lipinski definition) is 1. The van der Waals surface area contributed by atoms with Crippen molar-refractivity contribution in [2.75, 3.05) is 31.1 Å². The summed E-state index contributed by atoms with van der Waals surface area (Å²) in [7, 11) is 0. The highest BCUT2D eigenvalue weighted by molar-refractivity contribution is 5.97. The lowest BCUT2D eigenvalue weighted by molar-refractivity contribution is -0.120. The molecule has 1 saturated heterocycles. The van der Waals surface area contributed by atoms with Crippen LogP contribution in [0.3, 0.4) is 0 Å². The largest absolute Gasteiger partial charge is 0.311 e. The van der Waals surface area contributed by atoms with Gasteiger partial charge in [-0.25, -0.2) is 0 Å². The molecule has 1 fully saturated rings. The standard InChI is InChI=1S/C26H38F2N6O/c1-7-8-26(27,28)23-9-22-21(12-30-23)25(5,6)16-33(22)24(35)15-32-13-18(3)29-11-20(32)14-34-19(4)17(2)10-31-34/h9-10,12,18,20,29H,7-8,11,13-16H2,1-6H3/t18-,20-/m1/s1. The van der Waals surface area contributed by atoms with E-state index in [1.165, 1.54) is 6.07 Å². The summed E-state index contributed by atoms with van der Waals surface area (Å²) >= 11 is 0. The van der Waals surface area contributed by atoms with E-state index in [4.69, 9.17) is 0 Å². The Labute approximate surface area is 206 Å². The summed E-state index contributed by atoms with van der Waals surface area (Å²) in [6.45, 7) is 14.9. The van der Waals surface area contributed by atoms with E-state index >= 15 is 0 Å². The Morgan fingerprint density at radius 3 is 2.69 bits per heavy atom. The Morgan fingerprint density at radius 1 is 1.29 bits per heavy atom. The van der Waals surface area contributed by atoms with E-state index in [9.17, 15) is 13.6 Å². The highest BCUT2D eigenvalue weighted by atomic mass is 19.3. The first-order valence-electron chi connectivity index (χ1n) is 12.6. The van der Waals surface area contributed by atoms with Gasteiger partial charge >= 0.3 is 0 Å². The summed E-state index contributed by atoms with van der Waals surface area (Å²) in [4.78, 5) is 21.7. The van der Waals surface area contributed by atoms with E-state index in [-0.39, 0.29) is 42.1 Å². The van der Waals surface area contributed by atoms with Crippen molar-refractivity contribution in [1.29, 1.82) is 0 Å². The number of alkyl halides is 2. The van der Waals surface area contributed by atoms with Crippen molar-refractivity contribution in [3.63, 3.8) is 0 Å². The quantitative estimate of drug-likeness (QED) is 0.643. The molecule has 2 aromatic rings. The molecule has 2 aliphatic rings. The van der Waals surface area contributed by atoms with Crippen LogP contribution >= 0.6 is 0 Å². The molecule has 1 amide bonds. The van der Waals surface area contributed by atoms with Crippen LogP contribution in [-0.2, 0) is 22.7 Å². The molecule has 1 N–H and O–H groups in total. The number of nitrogens with zero attached hydrogens (tertiary/aromatic N) is 5. The van der Waals surface area contributed by atoms with Gasteiger partial charge in [0.25, 0.3) is 5.92 Å². The van der Waals surface area contributed by atoms with Crippen LogP contribution in [0.4, 0.5) is 14.5 Å². The number of rotatable bonds is 7. The second kappa shape index (κ2) is 9.58. The zero-order valence-corrected chi connectivity index (χ0v) is 21.7. The summed E-state index contributed by atoms with van der Waals surface area (Å²) in [5.74, 6) is -3.08. The Hall–Kier alpha value is -2.39. The first kappa shape index (κ1) is 25.7. The Kier molecular flexibility index (Phi) is 7.03. The van der Waals surface area contributed by atoms with Gasteiger partial charge in [0.2, 0.25) is 5.91 Å². The molecule has 4 heterocycles. The molecule has 2 aliphatic heterocycles. The highest BCUT2D eigenvalue weighted by Gasteiger charge is 2.42. The lowest BCUT2D eigenvalue weighted by Gasteiger charge is -2.39. The van der Waals surface area contributed by atoms with Gasteiger partial charge in [-0.15, -0.1) is 0 Å². The summed E-state index contributed by atoms with van der Waals surface area (Å²) < 4.78 is 31.3. The smallest absolute Gasteiger partial charge is 0.289 e. The van der Waals surface area contributed by atoms with Gasteiger partial charge in [0.1, 0.15) is 5.69 Å². The van der Waals surface area contributed by atoms with E-state index in [1.807, 2.05) is 31.6 Å². The number of halogens is 2. The second-order valence-electron chi connectivity index (χ2n) is 10.9. The van der Waals surface area contributed by atoms with E-state index in [0.717, 1.165) is 29.9 Å². The number of aromatic nitrogens is 3. The third kappa shape index (κ3) is 5.11. The number of anilines is 1. The topological polar surface area (TPSA) is 66.3 Å². The van der Waals surface area contributed by atoms with Crippen molar-refractivity contribution in [2.24, 2.45) is 0 Å². The average molecular weight is 489 g/mol. The molecule has 2 aromatic heterocycles. The molecule has 9 heteroatoms. The molecule has 0 bridgehead atoms.